The fraction of sp³-hybridized carbons (Fsp3) is 0.0862. The van der Waals surface area contributed by atoms with E-state index in [0.717, 1.165) is 84.0 Å². The number of aryl methyl sites for hydroxylation is 1. The molecule has 3 nitrogen and oxygen atoms in total. The first-order chi connectivity index (χ1) is 29.9. The van der Waals surface area contributed by atoms with Crippen LogP contribution in [0.4, 0.5) is 5.69 Å². The first-order valence-electron chi connectivity index (χ1n) is 20.7. The zero-order chi connectivity index (χ0) is 42.3. The highest BCUT2D eigenvalue weighted by molar-refractivity contribution is 6.01. The molecule has 1 aromatic heterocycles. The van der Waals surface area contributed by atoms with E-state index in [9.17, 15) is 0 Å². The molecule has 1 atom stereocenters. The van der Waals surface area contributed by atoms with E-state index in [1.54, 1.807) is 0 Å². The lowest BCUT2D eigenvalue weighted by atomic mass is 9.89. The lowest BCUT2D eigenvalue weighted by Crippen LogP contribution is -2.03. The van der Waals surface area contributed by atoms with Gasteiger partial charge >= 0.3 is 0 Å². The maximum Gasteiger partial charge on any atom is 0.160 e. The first-order valence-corrected chi connectivity index (χ1v) is 20.7. The number of para-hydroxylation sites is 1. The number of benzene rings is 7. The van der Waals surface area contributed by atoms with Crippen LogP contribution in [-0.2, 0) is 0 Å². The molecule has 0 fully saturated rings. The molecule has 0 aliphatic heterocycles. The van der Waals surface area contributed by atoms with Crippen LogP contribution in [0.2, 0.25) is 0 Å². The molecular formula is C58H47N3. The minimum absolute atomic E-state index is 0.197. The molecule has 0 bridgehead atoms. The van der Waals surface area contributed by atoms with Crippen molar-refractivity contribution in [3.05, 3.63) is 222 Å². The lowest BCUT2D eigenvalue weighted by molar-refractivity contribution is 1.06. The molecule has 0 saturated heterocycles. The Hall–Kier alpha value is -7.67. The third kappa shape index (κ3) is 8.44. The molecule has 0 spiro atoms. The summed E-state index contributed by atoms with van der Waals surface area (Å²) in [5.74, 6) is 7.14. The van der Waals surface area contributed by atoms with Crippen molar-refractivity contribution in [2.75, 3.05) is 0 Å². The molecule has 294 valence electrons. The summed E-state index contributed by atoms with van der Waals surface area (Å²) < 4.78 is 0. The molecule has 3 heteroatoms. The molecular weight excluding hydrogens is 739 g/mol. The van der Waals surface area contributed by atoms with Gasteiger partial charge in [-0.2, -0.15) is 0 Å². The zero-order valence-corrected chi connectivity index (χ0v) is 35.2. The Kier molecular flexibility index (Phi) is 11.9. The van der Waals surface area contributed by atoms with Gasteiger partial charge in [-0.25, -0.2) is 9.97 Å². The fourth-order valence-electron chi connectivity index (χ4n) is 7.96. The Morgan fingerprint density at radius 3 is 2.03 bits per heavy atom. The SMILES string of the molecule is C=C/C(=C\C)c1cccc(C(C)=Nc2ccccc2C(C#CC)c2ccc(-c3nc(-c4ccc(-c5ccc6ccccc6c5)cc4)c(C=C)c(-c4ccccc4C)n3)cc2)c1. The second-order valence-electron chi connectivity index (χ2n) is 15.1. The quantitative estimate of drug-likeness (QED) is 0.0744. The zero-order valence-electron chi connectivity index (χ0n) is 35.2. The van der Waals surface area contributed by atoms with Crippen LogP contribution in [-0.4, -0.2) is 15.7 Å². The molecule has 8 rings (SSSR count). The van der Waals surface area contributed by atoms with Gasteiger partial charge in [0.25, 0.3) is 0 Å². The van der Waals surface area contributed by atoms with E-state index in [1.807, 2.05) is 32.1 Å². The highest BCUT2D eigenvalue weighted by Gasteiger charge is 2.20. The van der Waals surface area contributed by atoms with Crippen molar-refractivity contribution in [1.82, 2.24) is 9.97 Å². The van der Waals surface area contributed by atoms with Crippen molar-refractivity contribution in [2.45, 2.75) is 33.6 Å². The Morgan fingerprint density at radius 1 is 0.639 bits per heavy atom. The summed E-state index contributed by atoms with van der Waals surface area (Å²) >= 11 is 0. The second-order valence-corrected chi connectivity index (χ2v) is 15.1. The Balaban J connectivity index is 1.17. The van der Waals surface area contributed by atoms with Gasteiger partial charge in [-0.3, -0.25) is 4.99 Å². The predicted octanol–water partition coefficient (Wildman–Crippen LogP) is 15.1. The number of aliphatic imine (C=N–C) groups is 1. The molecule has 0 aliphatic carbocycles. The predicted molar refractivity (Wildman–Crippen MR) is 260 cm³/mol. The number of nitrogens with zero attached hydrogens (tertiary/aromatic N) is 3. The summed E-state index contributed by atoms with van der Waals surface area (Å²) in [6, 6.07) is 57.3. The van der Waals surface area contributed by atoms with Crippen LogP contribution in [0.1, 0.15) is 60.1 Å². The molecule has 1 heterocycles. The van der Waals surface area contributed by atoms with Gasteiger partial charge in [0.15, 0.2) is 5.82 Å². The summed E-state index contributed by atoms with van der Waals surface area (Å²) in [7, 11) is 0. The van der Waals surface area contributed by atoms with Gasteiger partial charge in [0, 0.05) is 28.0 Å². The van der Waals surface area contributed by atoms with Crippen molar-refractivity contribution in [3.8, 4) is 56.9 Å². The van der Waals surface area contributed by atoms with E-state index < -0.39 is 0 Å². The summed E-state index contributed by atoms with van der Waals surface area (Å²) in [4.78, 5) is 15.7. The Bertz CT molecular complexity index is 3040. The third-order valence-electron chi connectivity index (χ3n) is 11.3. The molecule has 0 aliphatic rings. The maximum absolute atomic E-state index is 5.28. The lowest BCUT2D eigenvalue weighted by Gasteiger charge is -2.17. The standard InChI is InChI=1S/C58H47N3/c1-7-18-53(54-25-15-16-26-55(54)59-40(6)47-22-17-23-48(37-47)41(8-2)9-3)44-30-34-46(35-31-44)58-60-56(51(10-4)57(61-58)52-24-14-11-19-39(52)5)45-32-27-43(28-33-45)50-36-29-42-20-12-13-21-49(42)38-50/h8-17,19-38,53H,2,4H2,1,3,5-6H3/b41-9+,59-40?. The molecule has 0 N–H and O–H groups in total. The maximum atomic E-state index is 5.28. The number of aromatic nitrogens is 2. The monoisotopic (exact) mass is 785 g/mol. The van der Waals surface area contributed by atoms with Crippen molar-refractivity contribution in [1.29, 1.82) is 0 Å². The largest absolute Gasteiger partial charge is 0.253 e. The van der Waals surface area contributed by atoms with Crippen molar-refractivity contribution in [3.63, 3.8) is 0 Å². The third-order valence-corrected chi connectivity index (χ3v) is 11.3. The molecule has 0 radical (unpaired) electrons. The number of fused-ring (bicyclic) bond motifs is 1. The summed E-state index contributed by atoms with van der Waals surface area (Å²) in [5, 5.41) is 2.45. The van der Waals surface area contributed by atoms with Gasteiger partial charge in [-0.15, -0.1) is 5.92 Å². The van der Waals surface area contributed by atoms with Gasteiger partial charge in [0.05, 0.1) is 23.0 Å². The van der Waals surface area contributed by atoms with E-state index >= 15 is 0 Å². The van der Waals surface area contributed by atoms with Gasteiger partial charge in [-0.05, 0) is 101 Å². The van der Waals surface area contributed by atoms with E-state index in [1.165, 1.54) is 16.3 Å². The van der Waals surface area contributed by atoms with Crippen LogP contribution in [0.3, 0.4) is 0 Å². The van der Waals surface area contributed by atoms with E-state index in [4.69, 9.17) is 15.0 Å². The van der Waals surface area contributed by atoms with Crippen LogP contribution in [0.5, 0.6) is 0 Å². The topological polar surface area (TPSA) is 38.1 Å². The van der Waals surface area contributed by atoms with E-state index in [0.29, 0.717) is 5.82 Å². The number of hydrogen-bond donors (Lipinski definition) is 0. The van der Waals surface area contributed by atoms with Gasteiger partial charge in [-0.1, -0.05) is 183 Å². The van der Waals surface area contributed by atoms with Crippen molar-refractivity contribution >= 4 is 33.8 Å². The van der Waals surface area contributed by atoms with Crippen molar-refractivity contribution < 1.29 is 0 Å². The minimum Gasteiger partial charge on any atom is -0.253 e. The molecule has 8 aromatic rings. The molecule has 7 aromatic carbocycles. The van der Waals surface area contributed by atoms with Gasteiger partial charge in [0.2, 0.25) is 0 Å². The van der Waals surface area contributed by atoms with E-state index in [2.05, 4.69) is 203 Å². The molecule has 61 heavy (non-hydrogen) atoms. The van der Waals surface area contributed by atoms with E-state index in [-0.39, 0.29) is 5.92 Å². The van der Waals surface area contributed by atoms with Crippen LogP contribution < -0.4 is 0 Å². The van der Waals surface area contributed by atoms with Crippen LogP contribution in [0.15, 0.2) is 194 Å². The van der Waals surface area contributed by atoms with Crippen LogP contribution in [0.25, 0.3) is 67.5 Å². The summed E-state index contributed by atoms with van der Waals surface area (Å²) in [6.07, 6.45) is 5.84. The molecule has 1 unspecified atom stereocenters. The first kappa shape index (κ1) is 40.1. The molecule has 0 saturated carbocycles. The average Bonchev–Trinajstić information content (AvgIpc) is 3.31. The van der Waals surface area contributed by atoms with Gasteiger partial charge < -0.3 is 0 Å². The number of hydrogen-bond acceptors (Lipinski definition) is 3. The number of allylic oxidation sites excluding steroid dienone is 3. The smallest absolute Gasteiger partial charge is 0.160 e. The second kappa shape index (κ2) is 18.1. The Labute approximate surface area is 360 Å². The highest BCUT2D eigenvalue weighted by atomic mass is 14.9. The minimum atomic E-state index is -0.197. The normalized spacial score (nSPS) is 12.1. The van der Waals surface area contributed by atoms with Crippen molar-refractivity contribution in [2.24, 2.45) is 4.99 Å². The Morgan fingerprint density at radius 2 is 1.30 bits per heavy atom. The summed E-state index contributed by atoms with van der Waals surface area (Å²) in [6.45, 7) is 16.3. The van der Waals surface area contributed by atoms with Crippen LogP contribution >= 0.6 is 0 Å². The van der Waals surface area contributed by atoms with Gasteiger partial charge in [0.1, 0.15) is 0 Å². The highest BCUT2D eigenvalue weighted by Crippen LogP contribution is 2.37. The number of rotatable bonds is 11. The van der Waals surface area contributed by atoms with Crippen LogP contribution in [0, 0.1) is 18.8 Å². The average molecular weight is 786 g/mol. The molecule has 0 amide bonds. The fourth-order valence-corrected chi connectivity index (χ4v) is 7.96. The summed E-state index contributed by atoms with van der Waals surface area (Å²) in [5.41, 5.74) is 16.2.